The minimum absolute atomic E-state index is 0.00456. The summed E-state index contributed by atoms with van der Waals surface area (Å²) in [4.78, 5) is 35.0. The Bertz CT molecular complexity index is 1170. The number of piperidine rings is 1. The summed E-state index contributed by atoms with van der Waals surface area (Å²) in [5, 5.41) is 1.05. The fourth-order valence-electron chi connectivity index (χ4n) is 6.30. The van der Waals surface area contributed by atoms with Crippen LogP contribution in [-0.4, -0.2) is 76.8 Å². The zero-order valence-electron chi connectivity index (χ0n) is 21.3. The second-order valence-corrected chi connectivity index (χ2v) is 11.4. The first-order chi connectivity index (χ1) is 17.7. The number of aryl methyl sites for hydroxylation is 1. The fraction of sp³-hybridized carbons (Fsp3) is 0.500. The maximum absolute atomic E-state index is 14.0. The Morgan fingerprint density at radius 1 is 1.03 bits per heavy atom. The number of benzene rings is 2. The third kappa shape index (κ3) is 5.45. The van der Waals surface area contributed by atoms with Gasteiger partial charge in [-0.1, -0.05) is 29.3 Å². The molecule has 9 heteroatoms. The van der Waals surface area contributed by atoms with Crippen LogP contribution in [-0.2, 0) is 11.3 Å². The number of carbonyl (C=O) groups excluding carboxylic acids is 2. The zero-order valence-corrected chi connectivity index (χ0v) is 22.8. The van der Waals surface area contributed by atoms with Gasteiger partial charge in [0.05, 0.1) is 12.1 Å². The van der Waals surface area contributed by atoms with Gasteiger partial charge in [-0.15, -0.1) is 0 Å². The SMILES string of the molecule is Cc1cc(F)ccc1[C@H]1C[C@H](N2CCN3CCC[C@H]3C2=O)CCN1C(=O)N(C)Cc1cc(Cl)cc(Cl)c1. The Hall–Kier alpha value is -2.35. The number of rotatable bonds is 4. The summed E-state index contributed by atoms with van der Waals surface area (Å²) in [5.41, 5.74) is 2.57. The summed E-state index contributed by atoms with van der Waals surface area (Å²) in [7, 11) is 1.76. The van der Waals surface area contributed by atoms with Gasteiger partial charge in [-0.05, 0) is 86.2 Å². The van der Waals surface area contributed by atoms with Crippen LogP contribution in [0.3, 0.4) is 0 Å². The third-order valence-corrected chi connectivity index (χ3v) is 8.52. The molecule has 3 aliphatic heterocycles. The van der Waals surface area contributed by atoms with Crippen LogP contribution in [0.25, 0.3) is 0 Å². The largest absolute Gasteiger partial charge is 0.337 e. The van der Waals surface area contributed by atoms with E-state index in [-0.39, 0.29) is 35.9 Å². The molecule has 0 spiro atoms. The highest BCUT2D eigenvalue weighted by Crippen LogP contribution is 2.37. The first-order valence-electron chi connectivity index (χ1n) is 13.0. The number of likely N-dealkylation sites (tertiary alicyclic amines) is 1. The number of nitrogens with zero attached hydrogens (tertiary/aromatic N) is 4. The minimum Gasteiger partial charge on any atom is -0.337 e. The van der Waals surface area contributed by atoms with Crippen molar-refractivity contribution in [3.05, 3.63) is 69.0 Å². The standard InChI is InChI=1S/C28H33Cl2FN4O2/c1-18-12-22(31)5-6-24(18)26-16-23(34-11-10-33-8-3-4-25(33)27(34)36)7-9-35(26)28(37)32(2)17-19-13-20(29)15-21(30)14-19/h5-6,12-15,23,25-26H,3-4,7-11,16-17H2,1-2H3/t23-,25+,26-/m1/s1. The highest BCUT2D eigenvalue weighted by Gasteiger charge is 2.43. The number of amides is 3. The van der Waals surface area contributed by atoms with Crippen LogP contribution >= 0.6 is 23.2 Å². The first-order valence-corrected chi connectivity index (χ1v) is 13.7. The molecule has 3 heterocycles. The molecule has 0 saturated carbocycles. The molecule has 37 heavy (non-hydrogen) atoms. The molecular weight excluding hydrogens is 514 g/mol. The van der Waals surface area contributed by atoms with E-state index < -0.39 is 0 Å². The van der Waals surface area contributed by atoms with Crippen LogP contribution in [0.5, 0.6) is 0 Å². The van der Waals surface area contributed by atoms with Crippen LogP contribution in [0.2, 0.25) is 10.0 Å². The van der Waals surface area contributed by atoms with Gasteiger partial charge in [0.15, 0.2) is 0 Å². The maximum atomic E-state index is 14.0. The van der Waals surface area contributed by atoms with Crippen LogP contribution in [0.15, 0.2) is 36.4 Å². The number of hydrogen-bond acceptors (Lipinski definition) is 3. The van der Waals surface area contributed by atoms with Crippen molar-refractivity contribution in [2.75, 3.05) is 33.2 Å². The third-order valence-electron chi connectivity index (χ3n) is 8.08. The molecule has 3 fully saturated rings. The molecule has 5 rings (SSSR count). The molecule has 0 bridgehead atoms. The zero-order chi connectivity index (χ0) is 26.3. The van der Waals surface area contributed by atoms with Gasteiger partial charge in [0, 0.05) is 49.3 Å². The maximum Gasteiger partial charge on any atom is 0.320 e. The van der Waals surface area contributed by atoms with E-state index in [9.17, 15) is 14.0 Å². The van der Waals surface area contributed by atoms with E-state index in [2.05, 4.69) is 9.80 Å². The molecule has 0 radical (unpaired) electrons. The van der Waals surface area contributed by atoms with Gasteiger partial charge in [-0.2, -0.15) is 0 Å². The number of urea groups is 1. The molecule has 3 aliphatic rings. The lowest BCUT2D eigenvalue weighted by molar-refractivity contribution is -0.144. The molecule has 2 aromatic rings. The van der Waals surface area contributed by atoms with E-state index in [0.717, 1.165) is 55.6 Å². The quantitative estimate of drug-likeness (QED) is 0.508. The highest BCUT2D eigenvalue weighted by molar-refractivity contribution is 6.34. The molecule has 2 aromatic carbocycles. The van der Waals surface area contributed by atoms with Crippen molar-refractivity contribution in [2.24, 2.45) is 0 Å². The average molecular weight is 548 g/mol. The molecule has 6 nitrogen and oxygen atoms in total. The van der Waals surface area contributed by atoms with E-state index in [0.29, 0.717) is 29.6 Å². The van der Waals surface area contributed by atoms with Gasteiger partial charge < -0.3 is 14.7 Å². The van der Waals surface area contributed by atoms with Crippen molar-refractivity contribution in [3.63, 3.8) is 0 Å². The Morgan fingerprint density at radius 3 is 2.51 bits per heavy atom. The van der Waals surface area contributed by atoms with Crippen molar-refractivity contribution < 1.29 is 14.0 Å². The molecular formula is C28H33Cl2FN4O2. The van der Waals surface area contributed by atoms with Crippen molar-refractivity contribution >= 4 is 35.1 Å². The summed E-state index contributed by atoms with van der Waals surface area (Å²) >= 11 is 12.3. The van der Waals surface area contributed by atoms with E-state index >= 15 is 0 Å². The molecule has 0 aromatic heterocycles. The number of hydrogen-bond donors (Lipinski definition) is 0. The molecule has 3 saturated heterocycles. The van der Waals surface area contributed by atoms with Crippen LogP contribution in [0, 0.1) is 12.7 Å². The minimum atomic E-state index is -0.297. The molecule has 0 N–H and O–H groups in total. The summed E-state index contributed by atoms with van der Waals surface area (Å²) in [6.07, 6.45) is 3.34. The van der Waals surface area contributed by atoms with Gasteiger partial charge in [0.1, 0.15) is 5.82 Å². The average Bonchev–Trinajstić information content (AvgIpc) is 3.33. The van der Waals surface area contributed by atoms with E-state index in [1.807, 2.05) is 11.8 Å². The lowest BCUT2D eigenvalue weighted by atomic mass is 9.88. The Morgan fingerprint density at radius 2 is 1.78 bits per heavy atom. The topological polar surface area (TPSA) is 47.1 Å². The first kappa shape index (κ1) is 26.3. The van der Waals surface area contributed by atoms with E-state index in [1.165, 1.54) is 12.1 Å². The highest BCUT2D eigenvalue weighted by atomic mass is 35.5. The number of piperazine rings is 1. The second-order valence-electron chi connectivity index (χ2n) is 10.5. The summed E-state index contributed by atoms with van der Waals surface area (Å²) < 4.78 is 14.0. The molecule has 3 atom stereocenters. The van der Waals surface area contributed by atoms with Gasteiger partial charge in [0.25, 0.3) is 0 Å². The van der Waals surface area contributed by atoms with Crippen molar-refractivity contribution in [3.8, 4) is 0 Å². The van der Waals surface area contributed by atoms with E-state index in [4.69, 9.17) is 23.2 Å². The van der Waals surface area contributed by atoms with Crippen molar-refractivity contribution in [1.82, 2.24) is 19.6 Å². The Kier molecular flexibility index (Phi) is 7.66. The van der Waals surface area contributed by atoms with Gasteiger partial charge in [-0.3, -0.25) is 9.69 Å². The second kappa shape index (κ2) is 10.8. The Labute approximate surface area is 227 Å². The molecule has 198 valence electrons. The van der Waals surface area contributed by atoms with Crippen molar-refractivity contribution in [1.29, 1.82) is 0 Å². The van der Waals surface area contributed by atoms with Gasteiger partial charge in [0.2, 0.25) is 5.91 Å². The molecule has 0 aliphatic carbocycles. The van der Waals surface area contributed by atoms with Crippen molar-refractivity contribution in [2.45, 2.75) is 57.3 Å². The summed E-state index contributed by atoms with van der Waals surface area (Å²) in [6.45, 7) is 5.38. The monoisotopic (exact) mass is 546 g/mol. The molecule has 3 amide bonds. The number of fused-ring (bicyclic) bond motifs is 1. The lowest BCUT2D eigenvalue weighted by Crippen LogP contribution is -2.60. The normalized spacial score (nSPS) is 24.4. The van der Waals surface area contributed by atoms with Crippen LogP contribution in [0.4, 0.5) is 9.18 Å². The smallest absolute Gasteiger partial charge is 0.320 e. The molecule has 0 unspecified atom stereocenters. The Balaban J connectivity index is 1.38. The van der Waals surface area contributed by atoms with Crippen LogP contribution < -0.4 is 0 Å². The predicted octanol–water partition coefficient (Wildman–Crippen LogP) is 5.51. The van der Waals surface area contributed by atoms with Gasteiger partial charge >= 0.3 is 6.03 Å². The number of halogens is 3. The van der Waals surface area contributed by atoms with Gasteiger partial charge in [-0.25, -0.2) is 9.18 Å². The van der Waals surface area contributed by atoms with E-state index in [1.54, 1.807) is 36.2 Å². The summed E-state index contributed by atoms with van der Waals surface area (Å²) in [5.74, 6) is -0.0768. The summed E-state index contributed by atoms with van der Waals surface area (Å²) in [6, 6.07) is 9.70. The lowest BCUT2D eigenvalue weighted by Gasteiger charge is -2.47. The van der Waals surface area contributed by atoms with Crippen LogP contribution in [0.1, 0.15) is 48.4 Å². The number of carbonyl (C=O) groups is 2. The predicted molar refractivity (Wildman–Crippen MR) is 143 cm³/mol. The fourth-order valence-corrected chi connectivity index (χ4v) is 6.87.